The molecule has 0 heterocycles. The highest BCUT2D eigenvalue weighted by Gasteiger charge is 2.25. The van der Waals surface area contributed by atoms with Gasteiger partial charge in [-0.1, -0.05) is 27.5 Å². The van der Waals surface area contributed by atoms with Crippen molar-refractivity contribution in [1.82, 2.24) is 0 Å². The minimum atomic E-state index is -4.01. The summed E-state index contributed by atoms with van der Waals surface area (Å²) in [4.78, 5) is 11.8. The molecule has 2 N–H and O–H groups in total. The van der Waals surface area contributed by atoms with Crippen LogP contribution < -0.4 is 5.14 Å². The number of sulfonamides is 1. The molecule has 110 valence electrons. The van der Waals surface area contributed by atoms with Gasteiger partial charge in [0.25, 0.3) is 0 Å². The van der Waals surface area contributed by atoms with Crippen LogP contribution in [0.25, 0.3) is 0 Å². The van der Waals surface area contributed by atoms with Crippen LogP contribution in [0.4, 0.5) is 0 Å². The fraction of sp³-hybridized carbons (Fsp3) is 0.417. The van der Waals surface area contributed by atoms with Gasteiger partial charge in [0, 0.05) is 4.47 Å². The molecular weight excluding hydrogens is 370 g/mol. The molecule has 1 saturated carbocycles. The molecule has 0 atom stereocenters. The van der Waals surface area contributed by atoms with Crippen LogP contribution in [0, 0.1) is 0 Å². The normalized spacial score (nSPS) is 16.4. The standard InChI is InChI=1S/C12H13BrClNO4S/c13-7-5-9(11(14)10(6-7)20(15,17)18)12(16)19-8-3-1-2-4-8/h5-6,8H,1-4H2,(H2,15,17,18). The van der Waals surface area contributed by atoms with Gasteiger partial charge in [0.05, 0.1) is 10.6 Å². The van der Waals surface area contributed by atoms with Gasteiger partial charge < -0.3 is 4.74 Å². The number of primary sulfonamides is 1. The Balaban J connectivity index is 2.36. The van der Waals surface area contributed by atoms with Crippen molar-refractivity contribution in [3.63, 3.8) is 0 Å². The Labute approximate surface area is 130 Å². The first kappa shape index (κ1) is 15.8. The van der Waals surface area contributed by atoms with Gasteiger partial charge in [0.1, 0.15) is 11.0 Å². The van der Waals surface area contributed by atoms with Crippen LogP contribution >= 0.6 is 27.5 Å². The molecule has 0 radical (unpaired) electrons. The van der Waals surface area contributed by atoms with Crippen LogP contribution in [-0.4, -0.2) is 20.5 Å². The second kappa shape index (κ2) is 6.01. The maximum Gasteiger partial charge on any atom is 0.340 e. The highest BCUT2D eigenvalue weighted by atomic mass is 79.9. The van der Waals surface area contributed by atoms with Crippen molar-refractivity contribution in [3.8, 4) is 0 Å². The van der Waals surface area contributed by atoms with E-state index in [-0.39, 0.29) is 21.6 Å². The van der Waals surface area contributed by atoms with Crippen molar-refractivity contribution in [3.05, 3.63) is 27.2 Å². The number of benzene rings is 1. The van der Waals surface area contributed by atoms with Gasteiger partial charge in [-0.15, -0.1) is 0 Å². The minimum absolute atomic E-state index is 0.00281. The molecule has 0 unspecified atom stereocenters. The van der Waals surface area contributed by atoms with Crippen molar-refractivity contribution in [2.45, 2.75) is 36.7 Å². The van der Waals surface area contributed by atoms with E-state index in [0.717, 1.165) is 25.7 Å². The lowest BCUT2D eigenvalue weighted by Gasteiger charge is -2.13. The molecule has 1 fully saturated rings. The predicted molar refractivity (Wildman–Crippen MR) is 78.2 cm³/mol. The summed E-state index contributed by atoms with van der Waals surface area (Å²) < 4.78 is 28.6. The second-order valence-corrected chi connectivity index (χ2v) is 7.45. The van der Waals surface area contributed by atoms with E-state index in [4.69, 9.17) is 21.5 Å². The third-order valence-electron chi connectivity index (χ3n) is 3.11. The molecule has 0 bridgehead atoms. The summed E-state index contributed by atoms with van der Waals surface area (Å²) in [7, 11) is -4.01. The highest BCUT2D eigenvalue weighted by Crippen LogP contribution is 2.31. The molecular formula is C12H13BrClNO4S. The summed E-state index contributed by atoms with van der Waals surface area (Å²) in [5.41, 5.74) is -0.00281. The number of esters is 1. The van der Waals surface area contributed by atoms with Crippen LogP contribution in [-0.2, 0) is 14.8 Å². The van der Waals surface area contributed by atoms with Crippen LogP contribution in [0.2, 0.25) is 5.02 Å². The molecule has 0 spiro atoms. The first-order chi connectivity index (χ1) is 9.29. The van der Waals surface area contributed by atoms with E-state index >= 15 is 0 Å². The number of hydrogen-bond donors (Lipinski definition) is 1. The Morgan fingerprint density at radius 1 is 1.35 bits per heavy atom. The van der Waals surface area contributed by atoms with Gasteiger partial charge in [0.2, 0.25) is 10.0 Å². The number of carbonyl (C=O) groups excluding carboxylic acids is 1. The van der Waals surface area contributed by atoms with Crippen LogP contribution in [0.5, 0.6) is 0 Å². The maximum atomic E-state index is 12.1. The van der Waals surface area contributed by atoms with Crippen LogP contribution in [0.3, 0.4) is 0 Å². The Hall–Kier alpha value is -0.630. The number of hydrogen-bond acceptors (Lipinski definition) is 4. The number of nitrogens with two attached hydrogens (primary N) is 1. The van der Waals surface area contributed by atoms with E-state index in [1.807, 2.05) is 0 Å². The molecule has 8 heteroatoms. The zero-order valence-electron chi connectivity index (χ0n) is 10.4. The quantitative estimate of drug-likeness (QED) is 0.814. The summed E-state index contributed by atoms with van der Waals surface area (Å²) in [5.74, 6) is -0.631. The predicted octanol–water partition coefficient (Wildman–Crippen LogP) is 2.85. The number of halogens is 2. The first-order valence-electron chi connectivity index (χ1n) is 6.02. The summed E-state index contributed by atoms with van der Waals surface area (Å²) in [6, 6.07) is 2.68. The van der Waals surface area contributed by atoms with Gasteiger partial charge in [-0.3, -0.25) is 0 Å². The summed E-state index contributed by atoms with van der Waals surface area (Å²) in [5, 5.41) is 4.86. The molecule has 0 amide bonds. The molecule has 0 aliphatic heterocycles. The fourth-order valence-corrected chi connectivity index (χ4v) is 3.91. The van der Waals surface area contributed by atoms with Gasteiger partial charge in [-0.2, -0.15) is 0 Å². The SMILES string of the molecule is NS(=O)(=O)c1cc(Br)cc(C(=O)OC2CCCC2)c1Cl. The molecule has 1 aromatic rings. The lowest BCUT2D eigenvalue weighted by atomic mass is 10.2. The van der Waals surface area contributed by atoms with Gasteiger partial charge >= 0.3 is 5.97 Å². The smallest absolute Gasteiger partial charge is 0.340 e. The number of ether oxygens (including phenoxy) is 1. The maximum absolute atomic E-state index is 12.1. The summed E-state index contributed by atoms with van der Waals surface area (Å²) in [6.07, 6.45) is 3.55. The van der Waals surface area contributed by atoms with Crippen LogP contribution in [0.15, 0.2) is 21.5 Å². The van der Waals surface area contributed by atoms with Crippen molar-refractivity contribution in [2.75, 3.05) is 0 Å². The first-order valence-corrected chi connectivity index (χ1v) is 8.73. The largest absolute Gasteiger partial charge is 0.459 e. The summed E-state index contributed by atoms with van der Waals surface area (Å²) in [6.45, 7) is 0. The fourth-order valence-electron chi connectivity index (χ4n) is 2.14. The van der Waals surface area contributed by atoms with Gasteiger partial charge in [-0.05, 0) is 37.8 Å². The molecule has 20 heavy (non-hydrogen) atoms. The van der Waals surface area contributed by atoms with E-state index in [9.17, 15) is 13.2 Å². The third-order valence-corrected chi connectivity index (χ3v) is 5.02. The van der Waals surface area contributed by atoms with E-state index in [1.165, 1.54) is 12.1 Å². The van der Waals surface area contributed by atoms with Gasteiger partial charge in [-0.25, -0.2) is 18.4 Å². The topological polar surface area (TPSA) is 86.5 Å². The molecule has 1 aliphatic rings. The van der Waals surface area contributed by atoms with Crippen molar-refractivity contribution in [1.29, 1.82) is 0 Å². The van der Waals surface area contributed by atoms with E-state index in [0.29, 0.717) is 4.47 Å². The lowest BCUT2D eigenvalue weighted by molar-refractivity contribution is 0.0317. The van der Waals surface area contributed by atoms with Crippen molar-refractivity contribution < 1.29 is 17.9 Å². The molecule has 1 aromatic carbocycles. The minimum Gasteiger partial charge on any atom is -0.459 e. The third kappa shape index (κ3) is 3.52. The summed E-state index contributed by atoms with van der Waals surface area (Å²) >= 11 is 9.10. The van der Waals surface area contributed by atoms with E-state index < -0.39 is 16.0 Å². The van der Waals surface area contributed by atoms with Crippen molar-refractivity contribution in [2.24, 2.45) is 5.14 Å². The van der Waals surface area contributed by atoms with E-state index in [1.54, 1.807) is 0 Å². The lowest BCUT2D eigenvalue weighted by Crippen LogP contribution is -2.18. The Morgan fingerprint density at radius 3 is 2.50 bits per heavy atom. The second-order valence-electron chi connectivity index (χ2n) is 4.62. The Kier molecular flexibility index (Phi) is 4.73. The highest BCUT2D eigenvalue weighted by molar-refractivity contribution is 9.10. The average Bonchev–Trinajstić information content (AvgIpc) is 2.83. The van der Waals surface area contributed by atoms with Gasteiger partial charge in [0.15, 0.2) is 0 Å². The Bertz CT molecular complexity index is 641. The number of carbonyl (C=O) groups is 1. The molecule has 0 aromatic heterocycles. The zero-order chi connectivity index (χ0) is 14.9. The Morgan fingerprint density at radius 2 is 1.95 bits per heavy atom. The van der Waals surface area contributed by atoms with Crippen LogP contribution in [0.1, 0.15) is 36.0 Å². The number of rotatable bonds is 3. The van der Waals surface area contributed by atoms with E-state index in [2.05, 4.69) is 15.9 Å². The molecule has 0 saturated heterocycles. The monoisotopic (exact) mass is 381 g/mol. The molecule has 5 nitrogen and oxygen atoms in total. The molecule has 2 rings (SSSR count). The zero-order valence-corrected chi connectivity index (χ0v) is 13.6. The average molecular weight is 383 g/mol. The molecule has 1 aliphatic carbocycles. The van der Waals surface area contributed by atoms with Crippen molar-refractivity contribution >= 4 is 43.5 Å².